The molecule has 0 amide bonds. The van der Waals surface area contributed by atoms with Gasteiger partial charge in [0, 0.05) is 17.5 Å². The molecule has 0 spiro atoms. The van der Waals surface area contributed by atoms with Crippen LogP contribution in [0.4, 0.5) is 0 Å². The highest BCUT2D eigenvalue weighted by atomic mass is 16.1. The molecule has 0 aliphatic carbocycles. The Labute approximate surface area is 90.1 Å². The first kappa shape index (κ1) is 13.4. The van der Waals surface area contributed by atoms with Crippen molar-refractivity contribution in [3.63, 3.8) is 0 Å². The molecule has 1 aromatic heterocycles. The molecule has 0 N–H and O–H groups in total. The zero-order valence-corrected chi connectivity index (χ0v) is 9.82. The first-order valence-electron chi connectivity index (χ1n) is 5.02. The molecular weight excluding hydrogens is 188 g/mol. The summed E-state index contributed by atoms with van der Waals surface area (Å²) in [6.45, 7) is 9.44. The molecule has 0 radical (unpaired) electrons. The van der Waals surface area contributed by atoms with Crippen molar-refractivity contribution in [2.75, 3.05) is 0 Å². The molecule has 1 heterocycles. The number of aryl methyl sites for hydroxylation is 1. The standard InChI is InChI=1S/C10H12N2O.C2H6/c1-4-6-9-8(5-2)7-11-12(3)10(9)13;1-2/h4-7H,1H2,2-3H3;1-2H3/b8-5-,9-6+;. The zero-order chi connectivity index (χ0) is 11.8. The van der Waals surface area contributed by atoms with Crippen LogP contribution in [0.2, 0.25) is 0 Å². The average Bonchev–Trinajstić information content (AvgIpc) is 2.28. The van der Waals surface area contributed by atoms with Gasteiger partial charge in [0.15, 0.2) is 0 Å². The van der Waals surface area contributed by atoms with Crippen LogP contribution in [0.3, 0.4) is 0 Å². The fraction of sp³-hybridized carbons (Fsp3) is 0.333. The lowest BCUT2D eigenvalue weighted by atomic mass is 10.3. The molecule has 0 aliphatic heterocycles. The van der Waals surface area contributed by atoms with E-state index in [4.69, 9.17) is 0 Å². The molecule has 0 fully saturated rings. The third-order valence-corrected chi connectivity index (χ3v) is 1.80. The summed E-state index contributed by atoms with van der Waals surface area (Å²) in [6.07, 6.45) is 6.81. The maximum absolute atomic E-state index is 11.5. The third kappa shape index (κ3) is 3.20. The van der Waals surface area contributed by atoms with E-state index in [1.54, 1.807) is 25.4 Å². The molecule has 0 bridgehead atoms. The highest BCUT2D eigenvalue weighted by Gasteiger charge is 1.93. The summed E-state index contributed by atoms with van der Waals surface area (Å²) in [5.74, 6) is 0. The van der Waals surface area contributed by atoms with E-state index in [1.165, 1.54) is 4.68 Å². The molecule has 1 rings (SSSR count). The van der Waals surface area contributed by atoms with Crippen molar-refractivity contribution < 1.29 is 0 Å². The van der Waals surface area contributed by atoms with Crippen LogP contribution >= 0.6 is 0 Å². The van der Waals surface area contributed by atoms with E-state index in [0.29, 0.717) is 5.22 Å². The fourth-order valence-corrected chi connectivity index (χ4v) is 1.08. The molecule has 0 atom stereocenters. The molecule has 15 heavy (non-hydrogen) atoms. The Morgan fingerprint density at radius 3 is 2.53 bits per heavy atom. The number of aromatic nitrogens is 2. The van der Waals surface area contributed by atoms with E-state index in [9.17, 15) is 4.79 Å². The molecule has 0 aliphatic rings. The van der Waals surface area contributed by atoms with Gasteiger partial charge >= 0.3 is 0 Å². The summed E-state index contributed by atoms with van der Waals surface area (Å²) in [4.78, 5) is 11.5. The van der Waals surface area contributed by atoms with Gasteiger partial charge in [0.2, 0.25) is 0 Å². The summed E-state index contributed by atoms with van der Waals surface area (Å²) in [5.41, 5.74) is -0.101. The monoisotopic (exact) mass is 206 g/mol. The fourth-order valence-electron chi connectivity index (χ4n) is 1.08. The van der Waals surface area contributed by atoms with E-state index in [0.717, 1.165) is 5.22 Å². The Kier molecular flexibility index (Phi) is 6.02. The second kappa shape index (κ2) is 6.76. The van der Waals surface area contributed by atoms with Gasteiger partial charge in [-0.2, -0.15) is 5.10 Å². The van der Waals surface area contributed by atoms with Gasteiger partial charge in [-0.05, 0) is 13.0 Å². The quantitative estimate of drug-likeness (QED) is 0.673. The first-order valence-corrected chi connectivity index (χ1v) is 5.02. The molecule has 0 unspecified atom stereocenters. The summed E-state index contributed by atoms with van der Waals surface area (Å²) in [5, 5.41) is 5.38. The van der Waals surface area contributed by atoms with Gasteiger partial charge < -0.3 is 0 Å². The van der Waals surface area contributed by atoms with E-state index in [2.05, 4.69) is 11.7 Å². The minimum Gasteiger partial charge on any atom is -0.267 e. The van der Waals surface area contributed by atoms with E-state index >= 15 is 0 Å². The Hall–Kier alpha value is -1.64. The Balaban J connectivity index is 0.000000921. The maximum Gasteiger partial charge on any atom is 0.274 e. The average molecular weight is 206 g/mol. The Morgan fingerprint density at radius 1 is 1.47 bits per heavy atom. The molecule has 1 aromatic rings. The van der Waals surface area contributed by atoms with Crippen LogP contribution in [-0.4, -0.2) is 9.78 Å². The van der Waals surface area contributed by atoms with Crippen LogP contribution in [0.15, 0.2) is 23.6 Å². The molecular formula is C12H18N2O. The predicted molar refractivity (Wildman–Crippen MR) is 64.9 cm³/mol. The summed E-state index contributed by atoms with van der Waals surface area (Å²) >= 11 is 0. The van der Waals surface area contributed by atoms with Crippen molar-refractivity contribution in [3.05, 3.63) is 39.6 Å². The third-order valence-electron chi connectivity index (χ3n) is 1.80. The Bertz CT molecular complexity index is 483. The van der Waals surface area contributed by atoms with Crippen molar-refractivity contribution in [1.82, 2.24) is 9.78 Å². The van der Waals surface area contributed by atoms with Crippen LogP contribution < -0.4 is 16.0 Å². The minimum absolute atomic E-state index is 0.101. The lowest BCUT2D eigenvalue weighted by molar-refractivity contribution is 0.696. The SMILES string of the molecule is C=C/C=c1/c(=O)n(C)nc/c1=C/C.CC. The summed E-state index contributed by atoms with van der Waals surface area (Å²) in [6, 6.07) is 0. The number of allylic oxidation sites excluding steroid dienone is 1. The molecule has 0 saturated carbocycles. The van der Waals surface area contributed by atoms with Gasteiger partial charge in [-0.15, -0.1) is 0 Å². The second-order valence-corrected chi connectivity index (χ2v) is 2.63. The number of hydrogen-bond acceptors (Lipinski definition) is 2. The van der Waals surface area contributed by atoms with Gasteiger partial charge in [-0.3, -0.25) is 4.79 Å². The minimum atomic E-state index is -0.101. The van der Waals surface area contributed by atoms with Crippen molar-refractivity contribution in [2.24, 2.45) is 7.05 Å². The molecule has 82 valence electrons. The smallest absolute Gasteiger partial charge is 0.267 e. The number of rotatable bonds is 1. The van der Waals surface area contributed by atoms with Crippen molar-refractivity contribution in [2.45, 2.75) is 20.8 Å². The van der Waals surface area contributed by atoms with Crippen LogP contribution in [0.1, 0.15) is 20.8 Å². The van der Waals surface area contributed by atoms with Gasteiger partial charge in [0.1, 0.15) is 0 Å². The van der Waals surface area contributed by atoms with Gasteiger partial charge in [-0.25, -0.2) is 4.68 Å². The van der Waals surface area contributed by atoms with Crippen LogP contribution in [-0.2, 0) is 7.05 Å². The molecule has 3 heteroatoms. The molecule has 0 aromatic carbocycles. The van der Waals surface area contributed by atoms with E-state index in [-0.39, 0.29) is 5.56 Å². The summed E-state index contributed by atoms with van der Waals surface area (Å²) < 4.78 is 1.31. The number of hydrogen-bond donors (Lipinski definition) is 0. The maximum atomic E-state index is 11.5. The highest BCUT2D eigenvalue weighted by molar-refractivity contribution is 5.36. The topological polar surface area (TPSA) is 34.9 Å². The van der Waals surface area contributed by atoms with Crippen molar-refractivity contribution >= 4 is 12.2 Å². The number of nitrogens with zero attached hydrogens (tertiary/aromatic N) is 2. The van der Waals surface area contributed by atoms with Gasteiger partial charge in [-0.1, -0.05) is 32.6 Å². The van der Waals surface area contributed by atoms with E-state index < -0.39 is 0 Å². The van der Waals surface area contributed by atoms with Gasteiger partial charge in [0.05, 0.1) is 6.20 Å². The van der Waals surface area contributed by atoms with Crippen molar-refractivity contribution in [3.8, 4) is 0 Å². The van der Waals surface area contributed by atoms with Crippen LogP contribution in [0.5, 0.6) is 0 Å². The van der Waals surface area contributed by atoms with Gasteiger partial charge in [0.25, 0.3) is 5.56 Å². The van der Waals surface area contributed by atoms with Crippen LogP contribution in [0.25, 0.3) is 12.2 Å². The van der Waals surface area contributed by atoms with Crippen LogP contribution in [0, 0.1) is 0 Å². The summed E-state index contributed by atoms with van der Waals surface area (Å²) in [7, 11) is 1.63. The first-order chi connectivity index (χ1) is 7.20. The normalized spacial score (nSPS) is 12.0. The molecule has 3 nitrogen and oxygen atoms in total. The highest BCUT2D eigenvalue weighted by Crippen LogP contribution is 1.63. The molecule has 0 saturated heterocycles. The van der Waals surface area contributed by atoms with E-state index in [1.807, 2.05) is 26.8 Å². The Morgan fingerprint density at radius 2 is 2.07 bits per heavy atom. The zero-order valence-electron chi connectivity index (χ0n) is 9.82. The van der Waals surface area contributed by atoms with Crippen molar-refractivity contribution in [1.29, 1.82) is 0 Å². The lowest BCUT2D eigenvalue weighted by Crippen LogP contribution is -2.44. The second-order valence-electron chi connectivity index (χ2n) is 2.63. The predicted octanol–water partition coefficient (Wildman–Crippen LogP) is 0.573. The lowest BCUT2D eigenvalue weighted by Gasteiger charge is -1.94. The largest absolute Gasteiger partial charge is 0.274 e.